The quantitative estimate of drug-likeness (QED) is 0.300. The number of esters is 1. The lowest BCUT2D eigenvalue weighted by molar-refractivity contribution is -0.137. The van der Waals surface area contributed by atoms with Crippen LogP contribution in [0.5, 0.6) is 0 Å². The molecule has 166 valence electrons. The second kappa shape index (κ2) is 12.3. The van der Waals surface area contributed by atoms with E-state index in [4.69, 9.17) is 0 Å². The largest absolute Gasteiger partial charge is 0.468 e. The molecule has 6 heteroatoms. The maximum Gasteiger partial charge on any atom is 0.315 e. The molecule has 1 aliphatic carbocycles. The molecule has 0 amide bonds. The highest BCUT2D eigenvalue weighted by atomic mass is 32.2. The van der Waals surface area contributed by atoms with Gasteiger partial charge in [-0.1, -0.05) is 54.6 Å². The van der Waals surface area contributed by atoms with Gasteiger partial charge in [0.2, 0.25) is 0 Å². The third-order valence-electron chi connectivity index (χ3n) is 5.45. The first kappa shape index (κ1) is 23.9. The molecule has 1 fully saturated rings. The van der Waals surface area contributed by atoms with E-state index >= 15 is 0 Å². The fourth-order valence-electron chi connectivity index (χ4n) is 3.79. The van der Waals surface area contributed by atoms with Crippen LogP contribution in [0.15, 0.2) is 54.6 Å². The summed E-state index contributed by atoms with van der Waals surface area (Å²) in [5.74, 6) is 2.46. The number of carbonyl (C=O) groups excluding carboxylic acids is 2. The van der Waals surface area contributed by atoms with Crippen molar-refractivity contribution >= 4 is 46.0 Å². The zero-order chi connectivity index (χ0) is 22.1. The van der Waals surface area contributed by atoms with Crippen molar-refractivity contribution in [2.75, 3.05) is 24.4 Å². The number of thioether (sulfide) groups is 2. The lowest BCUT2D eigenvalue weighted by Gasteiger charge is -2.15. The highest BCUT2D eigenvalue weighted by Crippen LogP contribution is 2.34. The van der Waals surface area contributed by atoms with Crippen molar-refractivity contribution in [1.82, 2.24) is 0 Å². The fourth-order valence-corrected chi connectivity index (χ4v) is 6.09. The number of carbonyl (C=O) groups is 2. The molecule has 2 aromatic rings. The lowest BCUT2D eigenvalue weighted by Crippen LogP contribution is -2.17. The predicted octanol–water partition coefficient (Wildman–Crippen LogP) is 4.68. The van der Waals surface area contributed by atoms with Crippen LogP contribution in [0, 0.1) is 5.92 Å². The summed E-state index contributed by atoms with van der Waals surface area (Å²) < 4.78 is 4.63. The summed E-state index contributed by atoms with van der Waals surface area (Å²) in [5, 5.41) is 12.9. The Morgan fingerprint density at radius 3 is 2.84 bits per heavy atom. The number of aliphatic hydroxyl groups is 1. The molecule has 0 radical (unpaired) electrons. The van der Waals surface area contributed by atoms with Gasteiger partial charge in [-0.15, -0.1) is 11.8 Å². The Hall–Kier alpha value is -1.76. The van der Waals surface area contributed by atoms with Gasteiger partial charge in [0.15, 0.2) is 0 Å². The molecule has 0 aromatic heterocycles. The van der Waals surface area contributed by atoms with Crippen molar-refractivity contribution in [3.8, 4) is 0 Å². The number of ether oxygens (including phenoxy) is 1. The summed E-state index contributed by atoms with van der Waals surface area (Å²) in [5.41, 5.74) is 1.11. The van der Waals surface area contributed by atoms with Gasteiger partial charge in [-0.25, -0.2) is 0 Å². The molecule has 0 spiro atoms. The minimum Gasteiger partial charge on any atom is -0.468 e. The van der Waals surface area contributed by atoms with E-state index in [1.807, 2.05) is 24.3 Å². The number of Topliss-reactive ketones (excluding diaryl/α,β-unsaturated/α-hetero) is 1. The van der Waals surface area contributed by atoms with E-state index in [0.717, 1.165) is 29.9 Å². The number of hydrogen-bond donors (Lipinski definition) is 1. The van der Waals surface area contributed by atoms with Gasteiger partial charge < -0.3 is 9.84 Å². The molecule has 1 unspecified atom stereocenters. The molecule has 4 nitrogen and oxygen atoms in total. The van der Waals surface area contributed by atoms with Crippen molar-refractivity contribution in [2.45, 2.75) is 37.0 Å². The van der Waals surface area contributed by atoms with E-state index in [1.165, 1.54) is 17.9 Å². The number of benzene rings is 2. The van der Waals surface area contributed by atoms with Gasteiger partial charge in [-0.3, -0.25) is 9.59 Å². The Bertz CT molecular complexity index is 911. The normalized spacial score (nSPS) is 19.9. The third kappa shape index (κ3) is 7.41. The SMILES string of the molecule is COC(=O)CSCCCS[C@H]1C(=O)CC[C@@H]1C=CC(O)Cc1ccc2ccccc2c1. The Labute approximate surface area is 192 Å². The zero-order valence-corrected chi connectivity index (χ0v) is 19.5. The van der Waals surface area contributed by atoms with Crippen molar-refractivity contribution < 1.29 is 19.4 Å². The Morgan fingerprint density at radius 2 is 2.03 bits per heavy atom. The van der Waals surface area contributed by atoms with E-state index in [-0.39, 0.29) is 17.1 Å². The van der Waals surface area contributed by atoms with E-state index in [0.29, 0.717) is 24.4 Å². The number of allylic oxidation sites excluding steroid dienone is 1. The standard InChI is InChI=1S/C25H30O4S2/c1-29-24(28)17-30-13-4-14-31-25-20(10-12-23(25)27)9-11-22(26)16-18-7-8-19-5-2-3-6-21(19)15-18/h2-3,5-9,11,15,20,22,25-26H,4,10,12-14,16-17H2,1H3/t20-,22?,25+/m0/s1. The first-order valence-corrected chi connectivity index (χ1v) is 12.9. The molecule has 0 bridgehead atoms. The molecule has 0 heterocycles. The molecule has 31 heavy (non-hydrogen) atoms. The lowest BCUT2D eigenvalue weighted by atomic mass is 10.0. The van der Waals surface area contributed by atoms with Crippen molar-refractivity contribution in [3.63, 3.8) is 0 Å². The summed E-state index contributed by atoms with van der Waals surface area (Å²) in [6.07, 6.45) is 6.33. The van der Waals surface area contributed by atoms with Gasteiger partial charge in [0.1, 0.15) is 5.78 Å². The molecule has 1 N–H and O–H groups in total. The third-order valence-corrected chi connectivity index (χ3v) is 7.96. The summed E-state index contributed by atoms with van der Waals surface area (Å²) >= 11 is 3.28. The molecule has 1 saturated carbocycles. The summed E-state index contributed by atoms with van der Waals surface area (Å²) in [7, 11) is 1.40. The van der Waals surface area contributed by atoms with Gasteiger partial charge in [0.25, 0.3) is 0 Å². The minimum absolute atomic E-state index is 0.0188. The molecule has 0 saturated heterocycles. The predicted molar refractivity (Wildman–Crippen MR) is 131 cm³/mol. The Morgan fingerprint density at radius 1 is 1.23 bits per heavy atom. The summed E-state index contributed by atoms with van der Waals surface area (Å²) in [6, 6.07) is 14.5. The molecule has 2 aromatic carbocycles. The average Bonchev–Trinajstić information content (AvgIpc) is 3.13. The van der Waals surface area contributed by atoms with Crippen molar-refractivity contribution in [2.24, 2.45) is 5.92 Å². The van der Waals surface area contributed by atoms with Gasteiger partial charge in [0.05, 0.1) is 24.2 Å². The van der Waals surface area contributed by atoms with E-state index in [2.05, 4.69) is 35.1 Å². The van der Waals surface area contributed by atoms with Gasteiger partial charge in [-0.2, -0.15) is 11.8 Å². The van der Waals surface area contributed by atoms with Crippen LogP contribution in [0.1, 0.15) is 24.8 Å². The number of ketones is 1. The maximum absolute atomic E-state index is 12.3. The van der Waals surface area contributed by atoms with Gasteiger partial charge in [0, 0.05) is 12.8 Å². The maximum atomic E-state index is 12.3. The molecular formula is C25H30O4S2. The van der Waals surface area contributed by atoms with Crippen LogP contribution in [0.25, 0.3) is 10.8 Å². The van der Waals surface area contributed by atoms with Crippen LogP contribution in [0.3, 0.4) is 0 Å². The highest BCUT2D eigenvalue weighted by Gasteiger charge is 2.33. The zero-order valence-electron chi connectivity index (χ0n) is 17.9. The monoisotopic (exact) mass is 458 g/mol. The first-order chi connectivity index (χ1) is 15.1. The smallest absolute Gasteiger partial charge is 0.315 e. The number of fused-ring (bicyclic) bond motifs is 1. The Kier molecular flexibility index (Phi) is 9.50. The average molecular weight is 459 g/mol. The molecular weight excluding hydrogens is 428 g/mol. The van der Waals surface area contributed by atoms with Crippen LogP contribution in [-0.4, -0.2) is 52.6 Å². The van der Waals surface area contributed by atoms with Crippen LogP contribution >= 0.6 is 23.5 Å². The topological polar surface area (TPSA) is 63.6 Å². The molecule has 3 atom stereocenters. The second-order valence-corrected chi connectivity index (χ2v) is 10.1. The van der Waals surface area contributed by atoms with E-state index in [9.17, 15) is 14.7 Å². The number of rotatable bonds is 11. The summed E-state index contributed by atoms with van der Waals surface area (Å²) in [6.45, 7) is 0. The van der Waals surface area contributed by atoms with Gasteiger partial charge in [-0.05, 0) is 46.6 Å². The number of aliphatic hydroxyl groups excluding tert-OH is 1. The van der Waals surface area contributed by atoms with Crippen LogP contribution in [-0.2, 0) is 20.7 Å². The summed E-state index contributed by atoms with van der Waals surface area (Å²) in [4.78, 5) is 23.4. The first-order valence-electron chi connectivity index (χ1n) is 10.7. The van der Waals surface area contributed by atoms with Crippen LogP contribution in [0.4, 0.5) is 0 Å². The van der Waals surface area contributed by atoms with E-state index in [1.54, 1.807) is 23.5 Å². The van der Waals surface area contributed by atoms with Gasteiger partial charge >= 0.3 is 5.97 Å². The fraction of sp³-hybridized carbons (Fsp3) is 0.440. The molecule has 1 aliphatic rings. The van der Waals surface area contributed by atoms with Crippen molar-refractivity contribution in [1.29, 1.82) is 0 Å². The molecule has 3 rings (SSSR count). The highest BCUT2D eigenvalue weighted by molar-refractivity contribution is 8.01. The second-order valence-electron chi connectivity index (χ2n) is 7.78. The number of hydrogen-bond acceptors (Lipinski definition) is 6. The van der Waals surface area contributed by atoms with Crippen LogP contribution in [0.2, 0.25) is 0 Å². The van der Waals surface area contributed by atoms with Crippen LogP contribution < -0.4 is 0 Å². The van der Waals surface area contributed by atoms with E-state index < -0.39 is 6.10 Å². The molecule has 0 aliphatic heterocycles. The van der Waals surface area contributed by atoms with Crippen molar-refractivity contribution in [3.05, 3.63) is 60.2 Å². The Balaban J connectivity index is 1.45. The number of methoxy groups -OCH3 is 1. The minimum atomic E-state index is -0.558.